The normalized spacial score (nSPS) is 11.6. The predicted molar refractivity (Wildman–Crippen MR) is 84.3 cm³/mol. The SMILES string of the molecule is CCN(Cc1ccccc1)S(=O)(=O)NC(=O)c1ccn(C)c1. The van der Waals surface area contributed by atoms with Crippen molar-refractivity contribution in [3.05, 3.63) is 59.9 Å². The first kappa shape index (κ1) is 16.3. The van der Waals surface area contributed by atoms with Gasteiger partial charge in [0.05, 0.1) is 5.56 Å². The smallest absolute Gasteiger partial charge is 0.304 e. The molecule has 1 aromatic carbocycles. The van der Waals surface area contributed by atoms with Gasteiger partial charge in [-0.1, -0.05) is 37.3 Å². The number of carbonyl (C=O) groups excluding carboxylic acids is 1. The highest BCUT2D eigenvalue weighted by Gasteiger charge is 2.23. The van der Waals surface area contributed by atoms with Crippen LogP contribution >= 0.6 is 0 Å². The van der Waals surface area contributed by atoms with Crippen LogP contribution in [0.3, 0.4) is 0 Å². The van der Waals surface area contributed by atoms with E-state index >= 15 is 0 Å². The number of benzene rings is 1. The Hall–Kier alpha value is -2.12. The zero-order valence-electron chi connectivity index (χ0n) is 12.6. The summed E-state index contributed by atoms with van der Waals surface area (Å²) in [5, 5.41) is 0. The number of nitrogens with one attached hydrogen (secondary N) is 1. The Balaban J connectivity index is 2.11. The molecule has 0 fully saturated rings. The Labute approximate surface area is 130 Å². The van der Waals surface area contributed by atoms with Crippen molar-refractivity contribution in [2.75, 3.05) is 6.54 Å². The average molecular weight is 321 g/mol. The molecule has 0 saturated heterocycles. The molecule has 6 nitrogen and oxygen atoms in total. The highest BCUT2D eigenvalue weighted by Crippen LogP contribution is 2.09. The van der Waals surface area contributed by atoms with Gasteiger partial charge in [0.1, 0.15) is 0 Å². The highest BCUT2D eigenvalue weighted by molar-refractivity contribution is 7.87. The lowest BCUT2D eigenvalue weighted by Gasteiger charge is -2.20. The van der Waals surface area contributed by atoms with Gasteiger partial charge in [-0.15, -0.1) is 0 Å². The van der Waals surface area contributed by atoms with Crippen molar-refractivity contribution in [1.82, 2.24) is 13.6 Å². The molecule has 0 spiro atoms. The van der Waals surface area contributed by atoms with Gasteiger partial charge in [-0.25, -0.2) is 4.72 Å². The third-order valence-corrected chi connectivity index (χ3v) is 4.72. The van der Waals surface area contributed by atoms with Crippen LogP contribution in [0.15, 0.2) is 48.8 Å². The fourth-order valence-electron chi connectivity index (χ4n) is 2.03. The third kappa shape index (κ3) is 3.96. The van der Waals surface area contributed by atoms with Gasteiger partial charge in [0.25, 0.3) is 5.91 Å². The van der Waals surface area contributed by atoms with Gasteiger partial charge in [-0.2, -0.15) is 12.7 Å². The van der Waals surface area contributed by atoms with Crippen molar-refractivity contribution >= 4 is 16.1 Å². The molecule has 0 aliphatic rings. The summed E-state index contributed by atoms with van der Waals surface area (Å²) in [7, 11) is -2.12. The molecule has 0 unspecified atom stereocenters. The monoisotopic (exact) mass is 321 g/mol. The van der Waals surface area contributed by atoms with Crippen molar-refractivity contribution in [2.24, 2.45) is 7.05 Å². The largest absolute Gasteiger partial charge is 0.356 e. The van der Waals surface area contributed by atoms with Gasteiger partial charge in [0.15, 0.2) is 0 Å². The second kappa shape index (κ2) is 6.76. The molecule has 7 heteroatoms. The molecule has 1 aromatic heterocycles. The quantitative estimate of drug-likeness (QED) is 0.877. The lowest BCUT2D eigenvalue weighted by atomic mass is 10.2. The van der Waals surface area contributed by atoms with E-state index in [1.54, 1.807) is 37.0 Å². The van der Waals surface area contributed by atoms with Crippen LogP contribution in [-0.4, -0.2) is 29.7 Å². The summed E-state index contributed by atoms with van der Waals surface area (Å²) in [4.78, 5) is 12.0. The van der Waals surface area contributed by atoms with Gasteiger partial charge in [0.2, 0.25) is 0 Å². The lowest BCUT2D eigenvalue weighted by Crippen LogP contribution is -2.43. The third-order valence-electron chi connectivity index (χ3n) is 3.21. The van der Waals surface area contributed by atoms with Crippen LogP contribution < -0.4 is 4.72 Å². The molecule has 0 aliphatic carbocycles. The minimum absolute atomic E-state index is 0.217. The fraction of sp³-hybridized carbons (Fsp3) is 0.267. The van der Waals surface area contributed by atoms with Crippen LogP contribution in [0, 0.1) is 0 Å². The van der Waals surface area contributed by atoms with E-state index in [0.29, 0.717) is 5.56 Å². The summed E-state index contributed by atoms with van der Waals surface area (Å²) in [5.41, 5.74) is 1.17. The lowest BCUT2D eigenvalue weighted by molar-refractivity contribution is 0.0979. The van der Waals surface area contributed by atoms with Gasteiger partial charge >= 0.3 is 10.2 Å². The number of carbonyl (C=O) groups is 1. The topological polar surface area (TPSA) is 71.4 Å². The molecule has 1 N–H and O–H groups in total. The summed E-state index contributed by atoms with van der Waals surface area (Å²) in [5.74, 6) is -0.632. The number of rotatable bonds is 6. The molecule has 0 aliphatic heterocycles. The molecule has 22 heavy (non-hydrogen) atoms. The first-order valence-corrected chi connectivity index (χ1v) is 8.34. The number of aromatic nitrogens is 1. The molecular weight excluding hydrogens is 302 g/mol. The van der Waals surface area contributed by atoms with Crippen LogP contribution in [0.4, 0.5) is 0 Å². The zero-order chi connectivity index (χ0) is 16.2. The molecule has 0 saturated carbocycles. The van der Waals surface area contributed by atoms with Crippen molar-refractivity contribution in [3.8, 4) is 0 Å². The molecule has 2 aromatic rings. The molecular formula is C15H19N3O3S. The number of hydrogen-bond acceptors (Lipinski definition) is 3. The fourth-order valence-corrected chi connectivity index (χ4v) is 3.17. The Bertz CT molecular complexity index is 738. The van der Waals surface area contributed by atoms with E-state index in [2.05, 4.69) is 4.72 Å². The first-order valence-electron chi connectivity index (χ1n) is 6.90. The maximum Gasteiger partial charge on any atom is 0.304 e. The van der Waals surface area contributed by atoms with Crippen molar-refractivity contribution < 1.29 is 13.2 Å². The molecule has 0 radical (unpaired) electrons. The van der Waals surface area contributed by atoms with Crippen LogP contribution in [0.2, 0.25) is 0 Å². The van der Waals surface area contributed by atoms with E-state index in [4.69, 9.17) is 0 Å². The second-order valence-electron chi connectivity index (χ2n) is 4.91. The average Bonchev–Trinajstić information content (AvgIpc) is 2.92. The van der Waals surface area contributed by atoms with Crippen LogP contribution in [-0.2, 0) is 23.8 Å². The molecule has 0 bridgehead atoms. The molecule has 118 valence electrons. The Kier molecular flexibility index (Phi) is 4.99. The maximum atomic E-state index is 12.3. The number of nitrogens with zero attached hydrogens (tertiary/aromatic N) is 2. The Morgan fingerprint density at radius 3 is 2.45 bits per heavy atom. The summed E-state index contributed by atoms with van der Waals surface area (Å²) >= 11 is 0. The van der Waals surface area contributed by atoms with Crippen molar-refractivity contribution in [2.45, 2.75) is 13.5 Å². The van der Waals surface area contributed by atoms with Crippen molar-refractivity contribution in [1.29, 1.82) is 0 Å². The highest BCUT2D eigenvalue weighted by atomic mass is 32.2. The van der Waals surface area contributed by atoms with Gasteiger partial charge in [0, 0.05) is 32.5 Å². The standard InChI is InChI=1S/C15H19N3O3S/c1-3-18(11-13-7-5-4-6-8-13)22(20,21)16-15(19)14-9-10-17(2)12-14/h4-10,12H,3,11H2,1-2H3,(H,16,19). The van der Waals surface area contributed by atoms with Crippen molar-refractivity contribution in [3.63, 3.8) is 0 Å². The van der Waals surface area contributed by atoms with E-state index in [9.17, 15) is 13.2 Å². The Morgan fingerprint density at radius 2 is 1.91 bits per heavy atom. The number of hydrogen-bond donors (Lipinski definition) is 1. The molecule has 1 heterocycles. The Morgan fingerprint density at radius 1 is 1.23 bits per heavy atom. The van der Waals surface area contributed by atoms with Crippen LogP contribution in [0.25, 0.3) is 0 Å². The molecule has 1 amide bonds. The first-order chi connectivity index (χ1) is 10.4. The van der Waals surface area contributed by atoms with E-state index in [0.717, 1.165) is 5.56 Å². The minimum atomic E-state index is -3.88. The van der Waals surface area contributed by atoms with E-state index in [1.165, 1.54) is 4.31 Å². The second-order valence-corrected chi connectivity index (χ2v) is 6.58. The van der Waals surface area contributed by atoms with E-state index in [-0.39, 0.29) is 13.1 Å². The van der Waals surface area contributed by atoms with Gasteiger partial charge in [-0.3, -0.25) is 4.79 Å². The van der Waals surface area contributed by atoms with Crippen LogP contribution in [0.5, 0.6) is 0 Å². The van der Waals surface area contributed by atoms with Gasteiger partial charge in [-0.05, 0) is 11.6 Å². The summed E-state index contributed by atoms with van der Waals surface area (Å²) < 4.78 is 29.7. The predicted octanol–water partition coefficient (Wildman–Crippen LogP) is 1.52. The maximum absolute atomic E-state index is 12.3. The van der Waals surface area contributed by atoms with E-state index in [1.807, 2.05) is 30.3 Å². The van der Waals surface area contributed by atoms with Crippen LogP contribution in [0.1, 0.15) is 22.8 Å². The minimum Gasteiger partial charge on any atom is -0.356 e. The summed E-state index contributed by atoms with van der Waals surface area (Å²) in [6, 6.07) is 10.8. The summed E-state index contributed by atoms with van der Waals surface area (Å²) in [6.07, 6.45) is 3.25. The zero-order valence-corrected chi connectivity index (χ0v) is 13.4. The molecule has 0 atom stereocenters. The van der Waals surface area contributed by atoms with Gasteiger partial charge < -0.3 is 4.57 Å². The number of aryl methyl sites for hydroxylation is 1. The molecule has 2 rings (SSSR count). The van der Waals surface area contributed by atoms with E-state index < -0.39 is 16.1 Å². The number of amides is 1. The summed E-state index contributed by atoms with van der Waals surface area (Å²) in [6.45, 7) is 2.22.